The first-order valence-corrected chi connectivity index (χ1v) is 11.3. The van der Waals surface area contributed by atoms with Crippen molar-refractivity contribution in [3.05, 3.63) is 45.5 Å². The maximum absolute atomic E-state index is 11.4. The quantitative estimate of drug-likeness (QED) is 0.376. The van der Waals surface area contributed by atoms with Crippen molar-refractivity contribution in [3.8, 4) is 0 Å². The van der Waals surface area contributed by atoms with E-state index >= 15 is 0 Å². The summed E-state index contributed by atoms with van der Waals surface area (Å²) in [6, 6.07) is 5.42. The minimum Gasteiger partial charge on any atom is -0.413 e. The molecule has 0 aromatic heterocycles. The van der Waals surface area contributed by atoms with Crippen LogP contribution < -0.4 is 0 Å². The molecule has 0 saturated heterocycles. The summed E-state index contributed by atoms with van der Waals surface area (Å²) in [7, 11) is -1.77. The van der Waals surface area contributed by atoms with E-state index in [0.717, 1.165) is 11.1 Å². The maximum atomic E-state index is 11.4. The van der Waals surface area contributed by atoms with Gasteiger partial charge in [0.2, 0.25) is 0 Å². The van der Waals surface area contributed by atoms with Crippen molar-refractivity contribution in [1.82, 2.24) is 0 Å². The first-order valence-electron chi connectivity index (χ1n) is 8.35. The van der Waals surface area contributed by atoms with Crippen LogP contribution in [-0.4, -0.2) is 19.8 Å². The molecular weight excluding hydrogens is 318 g/mol. The fourth-order valence-electron chi connectivity index (χ4n) is 2.09. The van der Waals surface area contributed by atoms with Gasteiger partial charge in [0.15, 0.2) is 8.32 Å². The Kier molecular flexibility index (Phi) is 6.17. The van der Waals surface area contributed by atoms with Crippen LogP contribution in [0.4, 0.5) is 5.69 Å². The molecule has 0 atom stereocenters. The molecule has 1 aromatic carbocycles. The van der Waals surface area contributed by atoms with Crippen LogP contribution in [0.1, 0.15) is 52.7 Å². The smallest absolute Gasteiger partial charge is 0.273 e. The molecule has 0 aliphatic heterocycles. The third-order valence-electron chi connectivity index (χ3n) is 4.68. The van der Waals surface area contributed by atoms with Crippen molar-refractivity contribution in [2.75, 3.05) is 6.61 Å². The predicted molar refractivity (Wildman–Crippen MR) is 104 cm³/mol. The Morgan fingerprint density at radius 1 is 1.17 bits per heavy atom. The molecule has 0 amide bonds. The Labute approximate surface area is 147 Å². The summed E-state index contributed by atoms with van der Waals surface area (Å²) in [5, 5.41) is 11.5. The lowest BCUT2D eigenvalue weighted by molar-refractivity contribution is -0.386. The summed E-state index contributed by atoms with van der Waals surface area (Å²) in [5.74, 6) is 0. The number of nitrogens with zero attached hydrogens (tertiary/aromatic N) is 1. The number of nitro groups is 1. The number of hydrogen-bond acceptors (Lipinski definition) is 3. The summed E-state index contributed by atoms with van der Waals surface area (Å²) in [6.45, 7) is 17.5. The Morgan fingerprint density at radius 3 is 2.21 bits per heavy atom. The Bertz CT molecular complexity index is 622. The molecule has 134 valence electrons. The summed E-state index contributed by atoms with van der Waals surface area (Å²) in [5.41, 5.74) is 1.50. The van der Waals surface area contributed by atoms with E-state index < -0.39 is 8.32 Å². The highest BCUT2D eigenvalue weighted by Crippen LogP contribution is 2.36. The second-order valence-corrected chi connectivity index (χ2v) is 13.6. The largest absolute Gasteiger partial charge is 0.413 e. The number of benzene rings is 1. The minimum absolute atomic E-state index is 0.175. The molecule has 0 bridgehead atoms. The molecular formula is C19H31NO3Si. The lowest BCUT2D eigenvalue weighted by Gasteiger charge is -2.35. The van der Waals surface area contributed by atoms with Crippen LogP contribution in [0.3, 0.4) is 0 Å². The van der Waals surface area contributed by atoms with E-state index in [1.54, 1.807) is 6.07 Å². The number of nitro benzene ring substituents is 1. The first kappa shape index (κ1) is 20.6. The highest BCUT2D eigenvalue weighted by Gasteiger charge is 2.36. The fraction of sp³-hybridized carbons (Fsp3) is 0.579. The average Bonchev–Trinajstić information content (AvgIpc) is 2.41. The van der Waals surface area contributed by atoms with Gasteiger partial charge in [-0.1, -0.05) is 65.8 Å². The Hall–Kier alpha value is -1.46. The van der Waals surface area contributed by atoms with Crippen molar-refractivity contribution >= 4 is 20.1 Å². The van der Waals surface area contributed by atoms with Crippen LogP contribution in [0, 0.1) is 10.1 Å². The van der Waals surface area contributed by atoms with Crippen LogP contribution in [0.15, 0.2) is 24.3 Å². The van der Waals surface area contributed by atoms with Crippen molar-refractivity contribution < 1.29 is 9.35 Å². The van der Waals surface area contributed by atoms with Gasteiger partial charge in [-0.15, -0.1) is 0 Å². The van der Waals surface area contributed by atoms with Gasteiger partial charge in [-0.3, -0.25) is 10.1 Å². The average molecular weight is 350 g/mol. The van der Waals surface area contributed by atoms with E-state index in [4.69, 9.17) is 4.43 Å². The molecule has 0 unspecified atom stereocenters. The molecule has 0 radical (unpaired) electrons. The third-order valence-corrected chi connectivity index (χ3v) is 9.18. The van der Waals surface area contributed by atoms with Gasteiger partial charge in [-0.2, -0.15) is 0 Å². The number of rotatable bonds is 5. The van der Waals surface area contributed by atoms with Gasteiger partial charge < -0.3 is 4.43 Å². The minimum atomic E-state index is -1.77. The second-order valence-electron chi connectivity index (χ2n) is 8.76. The molecule has 0 spiro atoms. The van der Waals surface area contributed by atoms with Crippen LogP contribution in [0.25, 0.3) is 6.08 Å². The third kappa shape index (κ3) is 5.28. The monoisotopic (exact) mass is 349 g/mol. The number of hydrogen-bond donors (Lipinski definition) is 0. The van der Waals surface area contributed by atoms with Crippen molar-refractivity contribution in [3.63, 3.8) is 0 Å². The Balaban J connectivity index is 2.90. The topological polar surface area (TPSA) is 52.4 Å². The molecule has 0 aliphatic rings. The van der Waals surface area contributed by atoms with E-state index in [9.17, 15) is 10.1 Å². The Morgan fingerprint density at radius 2 is 1.75 bits per heavy atom. The summed E-state index contributed by atoms with van der Waals surface area (Å²) in [4.78, 5) is 11.1. The SMILES string of the molecule is CC(C)(C)c1ccc(C=CCO[Si](C)(C)C(C)(C)C)cc1[N+](=O)[O-]. The van der Waals surface area contributed by atoms with E-state index in [1.165, 1.54) is 0 Å². The molecule has 0 heterocycles. The molecule has 1 rings (SSSR count). The summed E-state index contributed by atoms with van der Waals surface area (Å²) >= 11 is 0. The fourth-order valence-corrected chi connectivity index (χ4v) is 3.04. The van der Waals surface area contributed by atoms with Gasteiger partial charge in [-0.25, -0.2) is 0 Å². The van der Waals surface area contributed by atoms with Gasteiger partial charge >= 0.3 is 0 Å². The molecule has 5 heteroatoms. The molecule has 0 saturated carbocycles. The lowest BCUT2D eigenvalue weighted by atomic mass is 9.85. The standard InChI is InChI=1S/C19H31NO3Si/c1-18(2,3)16-12-11-15(14-17(16)20(21)22)10-9-13-23-24(7,8)19(4,5)6/h9-12,14H,13H2,1-8H3. The normalized spacial score (nSPS) is 13.5. The van der Waals surface area contributed by atoms with E-state index in [0.29, 0.717) is 6.61 Å². The van der Waals surface area contributed by atoms with Gasteiger partial charge in [0, 0.05) is 11.6 Å². The van der Waals surface area contributed by atoms with Gasteiger partial charge in [0.05, 0.1) is 11.5 Å². The molecule has 0 aliphatic carbocycles. The van der Waals surface area contributed by atoms with Crippen LogP contribution >= 0.6 is 0 Å². The molecule has 4 nitrogen and oxygen atoms in total. The maximum Gasteiger partial charge on any atom is 0.273 e. The first-order chi connectivity index (χ1) is 10.8. The zero-order chi connectivity index (χ0) is 18.8. The lowest BCUT2D eigenvalue weighted by Crippen LogP contribution is -2.40. The van der Waals surface area contributed by atoms with Gasteiger partial charge in [0.1, 0.15) is 0 Å². The molecule has 0 N–H and O–H groups in total. The highest BCUT2D eigenvalue weighted by atomic mass is 28.4. The zero-order valence-corrected chi connectivity index (χ0v) is 17.3. The van der Waals surface area contributed by atoms with Crippen molar-refractivity contribution in [2.45, 2.75) is 65.1 Å². The summed E-state index contributed by atoms with van der Waals surface area (Å²) < 4.78 is 6.09. The van der Waals surface area contributed by atoms with Crippen LogP contribution in [0.5, 0.6) is 0 Å². The summed E-state index contributed by atoms with van der Waals surface area (Å²) in [6.07, 6.45) is 3.84. The van der Waals surface area contributed by atoms with E-state index in [-0.39, 0.29) is 21.1 Å². The second kappa shape index (κ2) is 7.19. The van der Waals surface area contributed by atoms with Gasteiger partial charge in [-0.05, 0) is 29.1 Å². The van der Waals surface area contributed by atoms with Crippen molar-refractivity contribution in [1.29, 1.82) is 0 Å². The molecule has 1 aromatic rings. The van der Waals surface area contributed by atoms with Crippen molar-refractivity contribution in [2.24, 2.45) is 0 Å². The van der Waals surface area contributed by atoms with E-state index in [1.807, 2.05) is 45.1 Å². The zero-order valence-electron chi connectivity index (χ0n) is 16.3. The molecule has 0 fully saturated rings. The molecule has 24 heavy (non-hydrogen) atoms. The van der Waals surface area contributed by atoms with Crippen LogP contribution in [-0.2, 0) is 9.84 Å². The predicted octanol–water partition coefficient (Wildman–Crippen LogP) is 5.93. The van der Waals surface area contributed by atoms with E-state index in [2.05, 4.69) is 33.9 Å². The highest BCUT2D eigenvalue weighted by molar-refractivity contribution is 6.74. The van der Waals surface area contributed by atoms with Crippen LogP contribution in [0.2, 0.25) is 18.1 Å². The van der Waals surface area contributed by atoms with Gasteiger partial charge in [0.25, 0.3) is 5.69 Å².